The number of hydrogen-bond acceptors (Lipinski definition) is 6. The highest BCUT2D eigenvalue weighted by molar-refractivity contribution is 7.86. The summed E-state index contributed by atoms with van der Waals surface area (Å²) in [5.74, 6) is 1.34. The molecule has 1 N–H and O–H groups in total. The van der Waals surface area contributed by atoms with E-state index >= 15 is 0 Å². The van der Waals surface area contributed by atoms with Gasteiger partial charge in [0.2, 0.25) is 5.88 Å². The van der Waals surface area contributed by atoms with Crippen LogP contribution in [0.15, 0.2) is 52.0 Å². The van der Waals surface area contributed by atoms with E-state index in [-0.39, 0.29) is 17.3 Å². The van der Waals surface area contributed by atoms with Gasteiger partial charge in [-0.25, -0.2) is 18.0 Å². The molecule has 10 heteroatoms. The van der Waals surface area contributed by atoms with Crippen molar-refractivity contribution in [1.29, 1.82) is 0 Å². The minimum Gasteiger partial charge on any atom is -0.472 e. The summed E-state index contributed by atoms with van der Waals surface area (Å²) in [6.45, 7) is 9.05. The topological polar surface area (TPSA) is 80.5 Å². The van der Waals surface area contributed by atoms with Crippen LogP contribution < -0.4 is 9.46 Å². The van der Waals surface area contributed by atoms with E-state index in [1.165, 1.54) is 5.56 Å². The molecular formula is C25H30F2N4O3S. The van der Waals surface area contributed by atoms with Crippen molar-refractivity contribution in [2.24, 2.45) is 0 Å². The number of alkyl halides is 2. The van der Waals surface area contributed by atoms with E-state index in [0.717, 1.165) is 29.9 Å². The van der Waals surface area contributed by atoms with Crippen LogP contribution in [0.3, 0.4) is 0 Å². The predicted molar refractivity (Wildman–Crippen MR) is 130 cm³/mol. The lowest BCUT2D eigenvalue weighted by atomic mass is 9.93. The molecule has 0 spiro atoms. The zero-order valence-corrected chi connectivity index (χ0v) is 21.1. The third-order valence-corrected chi connectivity index (χ3v) is 7.10. The molecule has 0 radical (unpaired) electrons. The minimum absolute atomic E-state index is 0.0676. The first-order valence-corrected chi connectivity index (χ1v) is 12.6. The van der Waals surface area contributed by atoms with Crippen molar-refractivity contribution in [2.75, 3.05) is 17.9 Å². The summed E-state index contributed by atoms with van der Waals surface area (Å²) < 4.78 is 50.9. The highest BCUT2D eigenvalue weighted by Crippen LogP contribution is 2.30. The fourth-order valence-electron chi connectivity index (χ4n) is 3.92. The Labute approximate surface area is 206 Å². The van der Waals surface area contributed by atoms with Crippen molar-refractivity contribution in [3.8, 4) is 5.88 Å². The number of rotatable bonds is 8. The van der Waals surface area contributed by atoms with Gasteiger partial charge in [0.05, 0.1) is 4.90 Å². The molecule has 2 atom stereocenters. The number of nitrogens with one attached hydrogen (secondary N) is 1. The molecule has 0 fully saturated rings. The number of aromatic nitrogens is 2. The molecule has 0 saturated carbocycles. The highest BCUT2D eigenvalue weighted by Gasteiger charge is 2.24. The summed E-state index contributed by atoms with van der Waals surface area (Å²) in [6, 6.07) is 11.2. The molecule has 3 heterocycles. The van der Waals surface area contributed by atoms with Crippen molar-refractivity contribution in [3.63, 3.8) is 0 Å². The minimum atomic E-state index is -2.53. The quantitative estimate of drug-likeness (QED) is 0.451. The third-order valence-electron chi connectivity index (χ3n) is 6.03. The van der Waals surface area contributed by atoms with Crippen LogP contribution in [0.25, 0.3) is 0 Å². The Morgan fingerprint density at radius 2 is 2.00 bits per heavy atom. The third kappa shape index (κ3) is 6.24. The highest BCUT2D eigenvalue weighted by atomic mass is 32.2. The second-order valence-electron chi connectivity index (χ2n) is 9.66. The standard InChI is InChI=1S/C25H30F2N4O3S/c1-16(18-6-8-24(28-13-18)33-15-22(26)27)31-10-9-17-5-7-20(11-19(17)14-31)35(32)30-23-12-21(34-29-23)25(2,3)4/h5-8,11-13,16,22H,9-10,14-15H2,1-4H3,(H,29,30). The smallest absolute Gasteiger partial charge is 0.272 e. The largest absolute Gasteiger partial charge is 0.472 e. The second kappa shape index (κ2) is 10.4. The lowest BCUT2D eigenvalue weighted by Gasteiger charge is -2.34. The molecule has 0 amide bonds. The van der Waals surface area contributed by atoms with Crippen LogP contribution in [0.1, 0.15) is 56.2 Å². The molecule has 0 bridgehead atoms. The zero-order chi connectivity index (χ0) is 25.2. The molecule has 2 unspecified atom stereocenters. The van der Waals surface area contributed by atoms with Gasteiger partial charge in [0.1, 0.15) is 5.76 Å². The number of pyridine rings is 1. The first-order valence-electron chi connectivity index (χ1n) is 11.5. The van der Waals surface area contributed by atoms with Gasteiger partial charge in [0, 0.05) is 42.9 Å². The van der Waals surface area contributed by atoms with Crippen LogP contribution in [0, 0.1) is 0 Å². The zero-order valence-electron chi connectivity index (χ0n) is 20.3. The van der Waals surface area contributed by atoms with Gasteiger partial charge in [-0.3, -0.25) is 9.62 Å². The monoisotopic (exact) mass is 504 g/mol. The Morgan fingerprint density at radius 1 is 1.20 bits per heavy atom. The van der Waals surface area contributed by atoms with Crippen LogP contribution in [0.2, 0.25) is 0 Å². The SMILES string of the molecule is CC(c1ccc(OCC(F)F)nc1)N1CCc2ccc(S(=O)Nc3cc(C(C)(C)C)on3)cc2C1. The number of anilines is 1. The average molecular weight is 505 g/mol. The molecule has 1 aromatic carbocycles. The van der Waals surface area contributed by atoms with Gasteiger partial charge in [-0.2, -0.15) is 0 Å². The van der Waals surface area contributed by atoms with Crippen molar-refractivity contribution >= 4 is 16.8 Å². The van der Waals surface area contributed by atoms with Crippen molar-refractivity contribution in [1.82, 2.24) is 15.0 Å². The predicted octanol–water partition coefficient (Wildman–Crippen LogP) is 5.27. The van der Waals surface area contributed by atoms with Crippen molar-refractivity contribution in [2.45, 2.75) is 63.4 Å². The maximum absolute atomic E-state index is 13.0. The number of benzene rings is 1. The molecule has 7 nitrogen and oxygen atoms in total. The fourth-order valence-corrected chi connectivity index (χ4v) is 4.76. The Morgan fingerprint density at radius 3 is 2.66 bits per heavy atom. The number of fused-ring (bicyclic) bond motifs is 1. The molecule has 4 rings (SSSR count). The summed E-state index contributed by atoms with van der Waals surface area (Å²) in [4.78, 5) is 7.14. The first-order chi connectivity index (χ1) is 16.6. The van der Waals surface area contributed by atoms with E-state index in [2.05, 4.69) is 26.7 Å². The van der Waals surface area contributed by atoms with Crippen molar-refractivity contribution in [3.05, 3.63) is 65.0 Å². The molecule has 1 aliphatic heterocycles. The van der Waals surface area contributed by atoms with E-state index in [0.29, 0.717) is 17.3 Å². The normalized spacial score (nSPS) is 16.1. The molecule has 188 valence electrons. The Bertz CT molecular complexity index is 1180. The number of nitrogens with zero attached hydrogens (tertiary/aromatic N) is 3. The molecule has 35 heavy (non-hydrogen) atoms. The van der Waals surface area contributed by atoms with Gasteiger partial charge in [-0.05, 0) is 42.2 Å². The van der Waals surface area contributed by atoms with E-state index in [4.69, 9.17) is 9.26 Å². The Hall–Kier alpha value is -2.85. The molecule has 2 aromatic heterocycles. The number of ether oxygens (including phenoxy) is 1. The van der Waals surface area contributed by atoms with Crippen LogP contribution >= 0.6 is 0 Å². The van der Waals surface area contributed by atoms with E-state index in [9.17, 15) is 13.0 Å². The van der Waals surface area contributed by atoms with E-state index in [1.54, 1.807) is 18.3 Å². The van der Waals surface area contributed by atoms with Crippen LogP contribution in [-0.2, 0) is 29.4 Å². The lowest BCUT2D eigenvalue weighted by Crippen LogP contribution is -2.33. The van der Waals surface area contributed by atoms with Gasteiger partial charge in [0.25, 0.3) is 6.43 Å². The molecule has 0 saturated heterocycles. The molecular weight excluding hydrogens is 474 g/mol. The molecule has 0 aliphatic carbocycles. The fraction of sp³-hybridized carbons (Fsp3) is 0.440. The van der Waals surface area contributed by atoms with Crippen LogP contribution in [-0.4, -0.2) is 38.8 Å². The summed E-state index contributed by atoms with van der Waals surface area (Å²) in [5, 5.41) is 3.99. The van der Waals surface area contributed by atoms with Gasteiger partial charge in [-0.15, -0.1) is 0 Å². The maximum atomic E-state index is 13.0. The summed E-state index contributed by atoms with van der Waals surface area (Å²) in [7, 11) is -1.48. The first kappa shape index (κ1) is 25.2. The van der Waals surface area contributed by atoms with Crippen LogP contribution in [0.5, 0.6) is 5.88 Å². The molecule has 3 aromatic rings. The summed E-state index contributed by atoms with van der Waals surface area (Å²) >= 11 is 0. The van der Waals surface area contributed by atoms with Gasteiger partial charge < -0.3 is 9.26 Å². The number of hydrogen-bond donors (Lipinski definition) is 1. The summed E-state index contributed by atoms with van der Waals surface area (Å²) in [6.07, 6.45) is 0.0108. The Kier molecular flexibility index (Phi) is 7.51. The second-order valence-corrected chi connectivity index (χ2v) is 10.9. The van der Waals surface area contributed by atoms with Gasteiger partial charge in [-0.1, -0.05) is 38.1 Å². The van der Waals surface area contributed by atoms with Gasteiger partial charge >= 0.3 is 0 Å². The van der Waals surface area contributed by atoms with Crippen molar-refractivity contribution < 1.29 is 22.2 Å². The average Bonchev–Trinajstić information content (AvgIpc) is 3.31. The Balaban J connectivity index is 1.42. The summed E-state index contributed by atoms with van der Waals surface area (Å²) in [5.41, 5.74) is 3.14. The van der Waals surface area contributed by atoms with Crippen LogP contribution in [0.4, 0.5) is 14.6 Å². The lowest BCUT2D eigenvalue weighted by molar-refractivity contribution is 0.0795. The van der Waals surface area contributed by atoms with E-state index in [1.807, 2.05) is 45.0 Å². The van der Waals surface area contributed by atoms with Gasteiger partial charge in [0.15, 0.2) is 23.4 Å². The maximum Gasteiger partial charge on any atom is 0.272 e. The molecule has 1 aliphatic rings. The number of halogens is 2. The van der Waals surface area contributed by atoms with E-state index < -0.39 is 24.0 Å².